The van der Waals surface area contributed by atoms with E-state index in [0.717, 1.165) is 30.0 Å². The number of rotatable bonds is 10. The van der Waals surface area contributed by atoms with Gasteiger partial charge < -0.3 is 10.1 Å². The van der Waals surface area contributed by atoms with Crippen LogP contribution in [0.4, 0.5) is 0 Å². The van der Waals surface area contributed by atoms with Crippen molar-refractivity contribution in [2.45, 2.75) is 45.8 Å². The molecule has 0 unspecified atom stereocenters. The van der Waals surface area contributed by atoms with E-state index in [0.29, 0.717) is 21.7 Å². The van der Waals surface area contributed by atoms with Crippen molar-refractivity contribution >= 4 is 34.8 Å². The Labute approximate surface area is 165 Å². The summed E-state index contributed by atoms with van der Waals surface area (Å²) < 4.78 is 5.97. The summed E-state index contributed by atoms with van der Waals surface area (Å²) in [5.41, 5.74) is 2.03. The lowest BCUT2D eigenvalue weighted by Gasteiger charge is -2.13. The summed E-state index contributed by atoms with van der Waals surface area (Å²) in [5.74, 6) is 0.830. The van der Waals surface area contributed by atoms with Crippen LogP contribution in [0.1, 0.15) is 43.7 Å². The average molecular weight is 401 g/mol. The average Bonchev–Trinajstić information content (AvgIpc) is 2.60. The number of benzene rings is 2. The Kier molecular flexibility index (Phi) is 8.91. The van der Waals surface area contributed by atoms with Crippen LogP contribution < -0.4 is 10.1 Å². The van der Waals surface area contributed by atoms with Gasteiger partial charge in [0.05, 0.1) is 10.0 Å². The minimum atomic E-state index is 0.433. The van der Waals surface area contributed by atoms with Gasteiger partial charge in [-0.1, -0.05) is 67.1 Å². The fraction of sp³-hybridized carbons (Fsp3) is 0.400. The lowest BCUT2D eigenvalue weighted by atomic mass is 10.1. The zero-order valence-electron chi connectivity index (χ0n) is 14.5. The predicted octanol–water partition coefficient (Wildman–Crippen LogP) is 6.90. The Bertz CT molecular complexity index is 676. The molecule has 2 nitrogen and oxygen atoms in total. The van der Waals surface area contributed by atoms with Crippen LogP contribution in [-0.4, -0.2) is 6.54 Å². The van der Waals surface area contributed by atoms with Crippen LogP contribution in [0.25, 0.3) is 0 Å². The molecule has 136 valence electrons. The maximum absolute atomic E-state index is 6.14. The first-order valence-electron chi connectivity index (χ1n) is 8.66. The Hall–Kier alpha value is -0.930. The van der Waals surface area contributed by atoms with Crippen molar-refractivity contribution in [3.8, 4) is 5.75 Å². The number of hydrogen-bond acceptors (Lipinski definition) is 2. The van der Waals surface area contributed by atoms with Crippen LogP contribution in [0.5, 0.6) is 5.75 Å². The molecule has 0 bridgehead atoms. The maximum Gasteiger partial charge on any atom is 0.124 e. The molecule has 0 heterocycles. The third-order valence-corrected chi connectivity index (χ3v) is 4.90. The van der Waals surface area contributed by atoms with Crippen molar-refractivity contribution in [1.82, 2.24) is 5.32 Å². The van der Waals surface area contributed by atoms with Gasteiger partial charge in [0.15, 0.2) is 0 Å². The molecule has 0 amide bonds. The molecule has 0 aliphatic rings. The van der Waals surface area contributed by atoms with Crippen molar-refractivity contribution in [2.24, 2.45) is 0 Å². The number of unbranched alkanes of at least 4 members (excludes halogenated alkanes) is 3. The van der Waals surface area contributed by atoms with Gasteiger partial charge in [-0.05, 0) is 48.9 Å². The van der Waals surface area contributed by atoms with Gasteiger partial charge in [0.25, 0.3) is 0 Å². The van der Waals surface area contributed by atoms with Crippen molar-refractivity contribution in [2.75, 3.05) is 6.54 Å². The highest BCUT2D eigenvalue weighted by Crippen LogP contribution is 2.26. The second-order valence-corrected chi connectivity index (χ2v) is 7.28. The summed E-state index contributed by atoms with van der Waals surface area (Å²) in [7, 11) is 0. The van der Waals surface area contributed by atoms with Crippen LogP contribution in [0, 0.1) is 0 Å². The van der Waals surface area contributed by atoms with E-state index in [4.69, 9.17) is 39.5 Å². The summed E-state index contributed by atoms with van der Waals surface area (Å²) in [4.78, 5) is 0. The van der Waals surface area contributed by atoms with Gasteiger partial charge in [0.1, 0.15) is 12.4 Å². The predicted molar refractivity (Wildman–Crippen MR) is 108 cm³/mol. The molecule has 5 heteroatoms. The first-order chi connectivity index (χ1) is 12.1. The van der Waals surface area contributed by atoms with E-state index >= 15 is 0 Å². The topological polar surface area (TPSA) is 21.3 Å². The highest BCUT2D eigenvalue weighted by atomic mass is 35.5. The molecule has 2 aromatic carbocycles. The number of hydrogen-bond donors (Lipinski definition) is 1. The molecule has 0 fully saturated rings. The van der Waals surface area contributed by atoms with Crippen molar-refractivity contribution in [1.29, 1.82) is 0 Å². The van der Waals surface area contributed by atoms with E-state index in [2.05, 4.69) is 12.2 Å². The van der Waals surface area contributed by atoms with Gasteiger partial charge in [-0.3, -0.25) is 0 Å². The minimum Gasteiger partial charge on any atom is -0.489 e. The van der Waals surface area contributed by atoms with Crippen molar-refractivity contribution < 1.29 is 4.74 Å². The Balaban J connectivity index is 1.92. The molecule has 0 aromatic heterocycles. The molecule has 0 saturated carbocycles. The minimum absolute atomic E-state index is 0.433. The van der Waals surface area contributed by atoms with Crippen LogP contribution in [0.15, 0.2) is 36.4 Å². The zero-order valence-corrected chi connectivity index (χ0v) is 16.7. The first kappa shape index (κ1) is 20.4. The summed E-state index contributed by atoms with van der Waals surface area (Å²) in [6, 6.07) is 11.2. The molecule has 1 N–H and O–H groups in total. The van der Waals surface area contributed by atoms with Crippen LogP contribution in [0.3, 0.4) is 0 Å². The van der Waals surface area contributed by atoms with Crippen molar-refractivity contribution in [3.63, 3.8) is 0 Å². The standard InChI is InChI=1S/C20H24Cl3NO/c1-2-3-4-5-10-24-13-16-12-17(21)7-9-20(16)25-14-15-6-8-18(22)19(23)11-15/h6-9,11-12,24H,2-5,10,13-14H2,1H3. The molecule has 0 spiro atoms. The van der Waals surface area contributed by atoms with Gasteiger partial charge >= 0.3 is 0 Å². The molecule has 0 aliphatic carbocycles. The zero-order chi connectivity index (χ0) is 18.1. The molecule has 0 saturated heterocycles. The highest BCUT2D eigenvalue weighted by molar-refractivity contribution is 6.42. The Morgan fingerprint density at radius 2 is 1.76 bits per heavy atom. The van der Waals surface area contributed by atoms with Gasteiger partial charge in [-0.15, -0.1) is 0 Å². The smallest absolute Gasteiger partial charge is 0.124 e. The number of halogens is 3. The highest BCUT2D eigenvalue weighted by Gasteiger charge is 2.06. The monoisotopic (exact) mass is 399 g/mol. The SMILES string of the molecule is CCCCCCNCc1cc(Cl)ccc1OCc1ccc(Cl)c(Cl)c1. The molecule has 2 aromatic rings. The van der Waals surface area contributed by atoms with Crippen LogP contribution in [0.2, 0.25) is 15.1 Å². The third kappa shape index (κ3) is 7.07. The summed E-state index contributed by atoms with van der Waals surface area (Å²) in [6.07, 6.45) is 4.99. The third-order valence-electron chi connectivity index (χ3n) is 3.92. The fourth-order valence-corrected chi connectivity index (χ4v) is 3.03. The van der Waals surface area contributed by atoms with Gasteiger partial charge in [-0.2, -0.15) is 0 Å². The van der Waals surface area contributed by atoms with E-state index in [-0.39, 0.29) is 0 Å². The normalized spacial score (nSPS) is 10.9. The second kappa shape index (κ2) is 10.9. The Morgan fingerprint density at radius 1 is 0.920 bits per heavy atom. The summed E-state index contributed by atoms with van der Waals surface area (Å²) in [5, 5.41) is 5.26. The molecular weight excluding hydrogens is 377 g/mol. The number of nitrogens with one attached hydrogen (secondary N) is 1. The molecule has 0 atom stereocenters. The molecule has 2 rings (SSSR count). The molecule has 0 aliphatic heterocycles. The van der Waals surface area contributed by atoms with Gasteiger partial charge in [-0.25, -0.2) is 0 Å². The summed E-state index contributed by atoms with van der Waals surface area (Å²) >= 11 is 18.1. The number of ether oxygens (including phenoxy) is 1. The molecule has 25 heavy (non-hydrogen) atoms. The Morgan fingerprint density at radius 3 is 2.52 bits per heavy atom. The van der Waals surface area contributed by atoms with E-state index in [1.807, 2.05) is 30.3 Å². The van der Waals surface area contributed by atoms with Crippen LogP contribution >= 0.6 is 34.8 Å². The van der Waals surface area contributed by atoms with Crippen LogP contribution in [-0.2, 0) is 13.2 Å². The largest absolute Gasteiger partial charge is 0.489 e. The van der Waals surface area contributed by atoms with Gasteiger partial charge in [0, 0.05) is 17.1 Å². The molecular formula is C20H24Cl3NO. The summed E-state index contributed by atoms with van der Waals surface area (Å²) in [6.45, 7) is 4.39. The lowest BCUT2D eigenvalue weighted by molar-refractivity contribution is 0.302. The lowest BCUT2D eigenvalue weighted by Crippen LogP contribution is -2.15. The van der Waals surface area contributed by atoms with E-state index in [1.165, 1.54) is 25.7 Å². The fourth-order valence-electron chi connectivity index (χ4n) is 2.52. The quantitative estimate of drug-likeness (QED) is 0.438. The second-order valence-electron chi connectivity index (χ2n) is 6.03. The van der Waals surface area contributed by atoms with Gasteiger partial charge in [0.2, 0.25) is 0 Å². The van der Waals surface area contributed by atoms with E-state index in [9.17, 15) is 0 Å². The molecule has 0 radical (unpaired) electrons. The maximum atomic E-state index is 6.14. The van der Waals surface area contributed by atoms with E-state index in [1.54, 1.807) is 6.07 Å². The van der Waals surface area contributed by atoms with E-state index < -0.39 is 0 Å². The first-order valence-corrected chi connectivity index (χ1v) is 9.79. The van der Waals surface area contributed by atoms with Crippen molar-refractivity contribution in [3.05, 3.63) is 62.6 Å².